The van der Waals surface area contributed by atoms with Gasteiger partial charge < -0.3 is 20.5 Å². The second-order valence-electron chi connectivity index (χ2n) is 3.35. The summed E-state index contributed by atoms with van der Waals surface area (Å²) >= 11 is 0. The topological polar surface area (TPSA) is 98.2 Å². The van der Waals surface area contributed by atoms with Crippen molar-refractivity contribution < 1.29 is 15.0 Å². The molecule has 1 aromatic carbocycles. The van der Waals surface area contributed by atoms with Crippen molar-refractivity contribution in [2.75, 3.05) is 0 Å². The first-order valence-electron chi connectivity index (χ1n) is 4.74. The number of amides is 1. The number of carbonyl (C=O) groups is 1. The van der Waals surface area contributed by atoms with Crippen molar-refractivity contribution in [3.63, 3.8) is 0 Å². The molecule has 4 N–H and O–H groups in total. The molecule has 0 saturated carbocycles. The van der Waals surface area contributed by atoms with Crippen LogP contribution in [0.5, 0.6) is 0 Å². The highest BCUT2D eigenvalue weighted by atomic mass is 16.4. The number of nitrogens with one attached hydrogen (secondary N) is 2. The average molecular weight is 221 g/mol. The molecule has 0 saturated heterocycles. The van der Waals surface area contributed by atoms with Gasteiger partial charge in [0.05, 0.1) is 24.2 Å². The molecule has 2 rings (SSSR count). The lowest BCUT2D eigenvalue weighted by atomic mass is 10.2. The summed E-state index contributed by atoms with van der Waals surface area (Å²) in [6.45, 7) is 0.101. The fourth-order valence-corrected chi connectivity index (χ4v) is 1.45. The number of hydrogen-bond acceptors (Lipinski definition) is 3. The maximum absolute atomic E-state index is 10.3. The molecule has 2 aromatic rings. The van der Waals surface area contributed by atoms with Crippen LogP contribution < -0.4 is 5.32 Å². The fraction of sp³-hybridized carbons (Fsp3) is 0.200. The molecular weight excluding hydrogens is 210 g/mol. The molecule has 0 unspecified atom stereocenters. The minimum Gasteiger partial charge on any atom is -0.465 e. The zero-order chi connectivity index (χ0) is 11.5. The summed E-state index contributed by atoms with van der Waals surface area (Å²) in [7, 11) is 0. The van der Waals surface area contributed by atoms with Crippen LogP contribution in [0.2, 0.25) is 0 Å². The Morgan fingerprint density at radius 3 is 3.00 bits per heavy atom. The van der Waals surface area contributed by atoms with Gasteiger partial charge in [-0.15, -0.1) is 0 Å². The number of aliphatic hydroxyl groups is 1. The summed E-state index contributed by atoms with van der Waals surface area (Å²) in [5.41, 5.74) is 2.31. The molecule has 6 nitrogen and oxygen atoms in total. The Kier molecular flexibility index (Phi) is 2.74. The Labute approximate surface area is 90.9 Å². The number of aliphatic hydroxyl groups excluding tert-OH is 1. The van der Waals surface area contributed by atoms with Crippen molar-refractivity contribution in [2.24, 2.45) is 0 Å². The highest BCUT2D eigenvalue weighted by molar-refractivity contribution is 5.76. The van der Waals surface area contributed by atoms with Gasteiger partial charge in [0.25, 0.3) is 0 Å². The van der Waals surface area contributed by atoms with Gasteiger partial charge in [-0.2, -0.15) is 0 Å². The zero-order valence-corrected chi connectivity index (χ0v) is 8.40. The van der Waals surface area contributed by atoms with E-state index >= 15 is 0 Å². The van der Waals surface area contributed by atoms with Crippen LogP contribution in [0, 0.1) is 0 Å². The standard InChI is InChI=1S/C10H11N3O3/c14-5-6-1-2-7-8(3-6)13-9(12-7)4-11-10(15)16/h1-3,11,14H,4-5H2,(H,12,13)(H,15,16). The number of aromatic nitrogens is 2. The Bertz CT molecular complexity index is 521. The van der Waals surface area contributed by atoms with Crippen LogP contribution in [0.15, 0.2) is 18.2 Å². The van der Waals surface area contributed by atoms with E-state index in [0.29, 0.717) is 11.3 Å². The molecule has 16 heavy (non-hydrogen) atoms. The molecule has 0 aliphatic heterocycles. The monoisotopic (exact) mass is 221 g/mol. The summed E-state index contributed by atoms with van der Waals surface area (Å²) in [4.78, 5) is 17.5. The molecule has 0 atom stereocenters. The van der Waals surface area contributed by atoms with Crippen molar-refractivity contribution in [1.29, 1.82) is 0 Å². The first-order chi connectivity index (χ1) is 7.69. The van der Waals surface area contributed by atoms with E-state index in [1.54, 1.807) is 18.2 Å². The predicted molar refractivity (Wildman–Crippen MR) is 56.9 cm³/mol. The van der Waals surface area contributed by atoms with Gasteiger partial charge in [0.2, 0.25) is 0 Å². The minimum absolute atomic E-state index is 0.0362. The molecule has 0 radical (unpaired) electrons. The van der Waals surface area contributed by atoms with E-state index in [1.165, 1.54) is 0 Å². The van der Waals surface area contributed by atoms with Crippen LogP contribution in [0.3, 0.4) is 0 Å². The van der Waals surface area contributed by atoms with E-state index in [0.717, 1.165) is 11.1 Å². The van der Waals surface area contributed by atoms with Gasteiger partial charge >= 0.3 is 6.09 Å². The minimum atomic E-state index is -1.09. The Morgan fingerprint density at radius 1 is 1.50 bits per heavy atom. The molecule has 0 fully saturated rings. The van der Waals surface area contributed by atoms with Crippen LogP contribution in [0.1, 0.15) is 11.4 Å². The Morgan fingerprint density at radius 2 is 2.31 bits per heavy atom. The van der Waals surface area contributed by atoms with Gasteiger partial charge in [0.1, 0.15) is 5.82 Å². The third-order valence-electron chi connectivity index (χ3n) is 2.19. The number of H-pyrrole nitrogens is 1. The molecule has 84 valence electrons. The lowest BCUT2D eigenvalue weighted by molar-refractivity contribution is 0.193. The number of fused-ring (bicyclic) bond motifs is 1. The third-order valence-corrected chi connectivity index (χ3v) is 2.19. The van der Waals surface area contributed by atoms with E-state index < -0.39 is 6.09 Å². The number of aromatic amines is 1. The van der Waals surface area contributed by atoms with E-state index in [9.17, 15) is 4.79 Å². The molecule has 6 heteroatoms. The summed E-state index contributed by atoms with van der Waals surface area (Å²) in [5.74, 6) is 0.549. The number of nitrogens with zero attached hydrogens (tertiary/aromatic N) is 1. The van der Waals surface area contributed by atoms with E-state index in [2.05, 4.69) is 15.3 Å². The molecule has 0 aliphatic carbocycles. The highest BCUT2D eigenvalue weighted by Crippen LogP contribution is 2.13. The van der Waals surface area contributed by atoms with Crippen LogP contribution in [-0.2, 0) is 13.2 Å². The first-order valence-corrected chi connectivity index (χ1v) is 4.74. The normalized spacial score (nSPS) is 10.6. The molecule has 1 amide bonds. The van der Waals surface area contributed by atoms with Crippen LogP contribution in [-0.4, -0.2) is 26.3 Å². The van der Waals surface area contributed by atoms with Crippen LogP contribution in [0.4, 0.5) is 4.79 Å². The highest BCUT2D eigenvalue weighted by Gasteiger charge is 2.04. The van der Waals surface area contributed by atoms with Gasteiger partial charge in [-0.05, 0) is 17.7 Å². The summed E-state index contributed by atoms with van der Waals surface area (Å²) in [6.07, 6.45) is -1.09. The second-order valence-corrected chi connectivity index (χ2v) is 3.35. The van der Waals surface area contributed by atoms with Crippen LogP contribution >= 0.6 is 0 Å². The number of imidazole rings is 1. The lowest BCUT2D eigenvalue weighted by Gasteiger charge is -1.94. The summed E-state index contributed by atoms with van der Waals surface area (Å²) < 4.78 is 0. The molecule has 1 heterocycles. The maximum Gasteiger partial charge on any atom is 0.405 e. The van der Waals surface area contributed by atoms with Crippen LogP contribution in [0.25, 0.3) is 11.0 Å². The SMILES string of the molecule is O=C(O)NCc1nc2cc(CO)ccc2[nH]1. The van der Waals surface area contributed by atoms with E-state index in [4.69, 9.17) is 10.2 Å². The van der Waals surface area contributed by atoms with Gasteiger partial charge in [0.15, 0.2) is 0 Å². The average Bonchev–Trinajstić information content (AvgIpc) is 2.67. The smallest absolute Gasteiger partial charge is 0.405 e. The van der Waals surface area contributed by atoms with Gasteiger partial charge in [-0.1, -0.05) is 6.07 Å². The quantitative estimate of drug-likeness (QED) is 0.616. The molecule has 0 aliphatic rings. The van der Waals surface area contributed by atoms with Gasteiger partial charge in [-0.3, -0.25) is 0 Å². The van der Waals surface area contributed by atoms with E-state index in [1.807, 2.05) is 0 Å². The summed E-state index contributed by atoms with van der Waals surface area (Å²) in [6, 6.07) is 5.35. The first kappa shape index (κ1) is 10.4. The lowest BCUT2D eigenvalue weighted by Crippen LogP contribution is -2.20. The van der Waals surface area contributed by atoms with Gasteiger partial charge in [-0.25, -0.2) is 9.78 Å². The molecular formula is C10H11N3O3. The van der Waals surface area contributed by atoms with Gasteiger partial charge in [0, 0.05) is 0 Å². The fourth-order valence-electron chi connectivity index (χ4n) is 1.45. The third kappa shape index (κ3) is 2.12. The zero-order valence-electron chi connectivity index (χ0n) is 8.40. The van der Waals surface area contributed by atoms with Crippen molar-refractivity contribution in [1.82, 2.24) is 15.3 Å². The van der Waals surface area contributed by atoms with Crippen molar-refractivity contribution >= 4 is 17.1 Å². The number of benzene rings is 1. The number of carboxylic acid groups (broad SMARTS) is 1. The van der Waals surface area contributed by atoms with Crippen molar-refractivity contribution in [3.8, 4) is 0 Å². The molecule has 1 aromatic heterocycles. The molecule has 0 bridgehead atoms. The van der Waals surface area contributed by atoms with E-state index in [-0.39, 0.29) is 13.2 Å². The molecule has 0 spiro atoms. The Hall–Kier alpha value is -2.08. The Balaban J connectivity index is 2.25. The summed E-state index contributed by atoms with van der Waals surface area (Å²) in [5, 5.41) is 19.6. The maximum atomic E-state index is 10.3. The number of hydrogen-bond donors (Lipinski definition) is 4. The largest absolute Gasteiger partial charge is 0.465 e. The predicted octanol–water partition coefficient (Wildman–Crippen LogP) is 0.823. The van der Waals surface area contributed by atoms with Crippen molar-refractivity contribution in [2.45, 2.75) is 13.2 Å². The van der Waals surface area contributed by atoms with Crippen molar-refractivity contribution in [3.05, 3.63) is 29.6 Å². The second kappa shape index (κ2) is 4.19. The number of rotatable bonds is 3.